The second-order valence-corrected chi connectivity index (χ2v) is 8.33. The third-order valence-corrected chi connectivity index (χ3v) is 7.44. The second-order valence-electron chi connectivity index (χ2n) is 6.22. The summed E-state index contributed by atoms with van der Waals surface area (Å²) in [5.74, 6) is -1.47. The molecular formula is C13H20N4O4S. The average Bonchev–Trinajstić information content (AvgIpc) is 2.90. The first-order valence-electron chi connectivity index (χ1n) is 7.49. The van der Waals surface area contributed by atoms with Crippen molar-refractivity contribution in [3.05, 3.63) is 12.4 Å². The molecule has 1 heterocycles. The van der Waals surface area contributed by atoms with Crippen molar-refractivity contribution in [2.24, 2.45) is 5.92 Å². The van der Waals surface area contributed by atoms with Gasteiger partial charge in [-0.05, 0) is 32.1 Å². The van der Waals surface area contributed by atoms with Crippen LogP contribution in [0.15, 0.2) is 12.4 Å². The number of carbonyl (C=O) groups is 1. The largest absolute Gasteiger partial charge is 0.481 e. The fraction of sp³-hybridized carbons (Fsp3) is 0.769. The second kappa shape index (κ2) is 5.31. The molecule has 2 aliphatic rings. The Morgan fingerprint density at radius 2 is 2.18 bits per heavy atom. The van der Waals surface area contributed by atoms with E-state index in [1.807, 2.05) is 6.92 Å². The van der Waals surface area contributed by atoms with Gasteiger partial charge in [0.1, 0.15) is 0 Å². The molecular weight excluding hydrogens is 308 g/mol. The van der Waals surface area contributed by atoms with E-state index in [1.165, 1.54) is 6.20 Å². The van der Waals surface area contributed by atoms with E-state index in [1.54, 1.807) is 10.9 Å². The summed E-state index contributed by atoms with van der Waals surface area (Å²) >= 11 is 0. The highest BCUT2D eigenvalue weighted by Gasteiger charge is 2.54. The van der Waals surface area contributed by atoms with Crippen molar-refractivity contribution in [3.8, 4) is 0 Å². The third kappa shape index (κ3) is 2.52. The van der Waals surface area contributed by atoms with Crippen LogP contribution in [0, 0.1) is 5.92 Å². The SMILES string of the molecule is CCC1(S(=O)(=O)N[C@@H]2CC(C(=O)O)C[C@@H]2n2ccnn2)CC1. The number of hydrogen-bond donors (Lipinski definition) is 2. The number of nitrogens with one attached hydrogen (secondary N) is 1. The lowest BCUT2D eigenvalue weighted by Gasteiger charge is -2.23. The third-order valence-electron chi connectivity index (χ3n) is 4.99. The number of rotatable bonds is 6. The van der Waals surface area contributed by atoms with Gasteiger partial charge in [-0.25, -0.2) is 17.8 Å². The maximum atomic E-state index is 12.6. The quantitative estimate of drug-likeness (QED) is 0.788. The zero-order chi connectivity index (χ0) is 16.0. The number of aliphatic carboxylic acids is 1. The molecule has 0 radical (unpaired) electrons. The molecule has 3 atom stereocenters. The molecule has 1 aromatic heterocycles. The van der Waals surface area contributed by atoms with Crippen LogP contribution in [-0.2, 0) is 14.8 Å². The highest BCUT2D eigenvalue weighted by atomic mass is 32.2. The van der Waals surface area contributed by atoms with E-state index in [2.05, 4.69) is 15.0 Å². The fourth-order valence-corrected chi connectivity index (χ4v) is 5.23. The smallest absolute Gasteiger partial charge is 0.306 e. The number of sulfonamides is 1. The van der Waals surface area contributed by atoms with E-state index in [-0.39, 0.29) is 12.5 Å². The van der Waals surface area contributed by atoms with E-state index in [0.29, 0.717) is 25.7 Å². The Morgan fingerprint density at radius 1 is 1.45 bits per heavy atom. The number of carboxylic acids is 1. The lowest BCUT2D eigenvalue weighted by Crippen LogP contribution is -2.44. The highest BCUT2D eigenvalue weighted by molar-refractivity contribution is 7.91. The normalized spacial score (nSPS) is 30.3. The van der Waals surface area contributed by atoms with Crippen molar-refractivity contribution in [2.75, 3.05) is 0 Å². The fourth-order valence-electron chi connectivity index (χ4n) is 3.31. The maximum absolute atomic E-state index is 12.6. The maximum Gasteiger partial charge on any atom is 0.306 e. The molecule has 22 heavy (non-hydrogen) atoms. The van der Waals surface area contributed by atoms with Crippen LogP contribution >= 0.6 is 0 Å². The van der Waals surface area contributed by atoms with Gasteiger partial charge in [0.25, 0.3) is 0 Å². The van der Waals surface area contributed by atoms with E-state index < -0.39 is 32.7 Å². The number of nitrogens with zero attached hydrogens (tertiary/aromatic N) is 3. The summed E-state index contributed by atoms with van der Waals surface area (Å²) in [6, 6.07) is -0.775. The van der Waals surface area contributed by atoms with Gasteiger partial charge in [-0.15, -0.1) is 5.10 Å². The topological polar surface area (TPSA) is 114 Å². The standard InChI is InChI=1S/C13H20N4O4S/c1-2-13(3-4-13)22(20,21)15-10-7-9(12(18)19)8-11(10)17-6-5-14-16-17/h5-6,9-11,15H,2-4,7-8H2,1H3,(H,18,19)/t9?,10-,11+/m1/s1. The number of aromatic nitrogens is 3. The molecule has 2 saturated carbocycles. The van der Waals surface area contributed by atoms with Crippen LogP contribution in [0.5, 0.6) is 0 Å². The van der Waals surface area contributed by atoms with E-state index in [0.717, 1.165) is 0 Å². The van der Waals surface area contributed by atoms with E-state index >= 15 is 0 Å². The van der Waals surface area contributed by atoms with Crippen LogP contribution in [-0.4, -0.2) is 45.3 Å². The Morgan fingerprint density at radius 3 is 2.68 bits per heavy atom. The van der Waals surface area contributed by atoms with Crippen molar-refractivity contribution in [1.29, 1.82) is 0 Å². The first-order chi connectivity index (χ1) is 10.4. The molecule has 0 spiro atoms. The number of carboxylic acid groups (broad SMARTS) is 1. The average molecular weight is 328 g/mol. The molecule has 0 saturated heterocycles. The number of hydrogen-bond acceptors (Lipinski definition) is 5. The Bertz CT molecular complexity index is 654. The van der Waals surface area contributed by atoms with Crippen LogP contribution in [0.1, 0.15) is 45.1 Å². The van der Waals surface area contributed by atoms with Crippen molar-refractivity contribution in [2.45, 2.75) is 55.9 Å². The predicted molar refractivity (Wildman–Crippen MR) is 77.5 cm³/mol. The molecule has 2 N–H and O–H groups in total. The Balaban J connectivity index is 1.82. The highest BCUT2D eigenvalue weighted by Crippen LogP contribution is 2.47. The van der Waals surface area contributed by atoms with Gasteiger partial charge >= 0.3 is 5.97 Å². The lowest BCUT2D eigenvalue weighted by molar-refractivity contribution is -0.141. The minimum atomic E-state index is -3.46. The van der Waals surface area contributed by atoms with Gasteiger partial charge < -0.3 is 5.11 Å². The first kappa shape index (κ1) is 15.4. The van der Waals surface area contributed by atoms with Crippen LogP contribution in [0.4, 0.5) is 0 Å². The van der Waals surface area contributed by atoms with Crippen LogP contribution < -0.4 is 4.72 Å². The van der Waals surface area contributed by atoms with Crippen molar-refractivity contribution in [3.63, 3.8) is 0 Å². The molecule has 122 valence electrons. The molecule has 1 unspecified atom stereocenters. The zero-order valence-electron chi connectivity index (χ0n) is 12.3. The molecule has 0 amide bonds. The molecule has 0 aliphatic heterocycles. The molecule has 2 aliphatic carbocycles. The van der Waals surface area contributed by atoms with Gasteiger partial charge in [-0.3, -0.25) is 4.79 Å². The van der Waals surface area contributed by atoms with Crippen LogP contribution in [0.3, 0.4) is 0 Å². The van der Waals surface area contributed by atoms with E-state index in [4.69, 9.17) is 0 Å². The molecule has 9 heteroatoms. The minimum absolute atomic E-state index is 0.277. The molecule has 0 bridgehead atoms. The molecule has 1 aromatic rings. The Labute approximate surface area is 128 Å². The monoisotopic (exact) mass is 328 g/mol. The van der Waals surface area contributed by atoms with Gasteiger partial charge in [0.05, 0.1) is 22.9 Å². The summed E-state index contributed by atoms with van der Waals surface area (Å²) in [5.41, 5.74) is 0. The van der Waals surface area contributed by atoms with Gasteiger partial charge in [0.15, 0.2) is 0 Å². The van der Waals surface area contributed by atoms with Gasteiger partial charge in [-0.1, -0.05) is 12.1 Å². The van der Waals surface area contributed by atoms with Crippen LogP contribution in [0.25, 0.3) is 0 Å². The first-order valence-corrected chi connectivity index (χ1v) is 8.97. The van der Waals surface area contributed by atoms with Crippen molar-refractivity contribution >= 4 is 16.0 Å². The summed E-state index contributed by atoms with van der Waals surface area (Å²) in [7, 11) is -3.46. The lowest BCUT2D eigenvalue weighted by atomic mass is 10.1. The Kier molecular flexibility index (Phi) is 3.72. The summed E-state index contributed by atoms with van der Waals surface area (Å²) in [6.45, 7) is 1.87. The van der Waals surface area contributed by atoms with Gasteiger partial charge in [0, 0.05) is 12.2 Å². The molecule has 0 aromatic carbocycles. The van der Waals surface area contributed by atoms with E-state index in [9.17, 15) is 18.3 Å². The summed E-state index contributed by atoms with van der Waals surface area (Å²) in [5, 5.41) is 16.9. The summed E-state index contributed by atoms with van der Waals surface area (Å²) in [6.07, 6.45) is 5.69. The molecule has 8 nitrogen and oxygen atoms in total. The zero-order valence-corrected chi connectivity index (χ0v) is 13.2. The van der Waals surface area contributed by atoms with Crippen molar-refractivity contribution < 1.29 is 18.3 Å². The van der Waals surface area contributed by atoms with Crippen molar-refractivity contribution in [1.82, 2.24) is 19.7 Å². The van der Waals surface area contributed by atoms with Gasteiger partial charge in [0.2, 0.25) is 10.0 Å². The van der Waals surface area contributed by atoms with Crippen LogP contribution in [0.2, 0.25) is 0 Å². The molecule has 3 rings (SSSR count). The van der Waals surface area contributed by atoms with Gasteiger partial charge in [-0.2, -0.15) is 0 Å². The predicted octanol–water partition coefficient (Wildman–Crippen LogP) is 0.544. The summed E-state index contributed by atoms with van der Waals surface area (Å²) in [4.78, 5) is 11.3. The molecule has 2 fully saturated rings. The summed E-state index contributed by atoms with van der Waals surface area (Å²) < 4.78 is 28.8. The minimum Gasteiger partial charge on any atom is -0.481 e. The Hall–Kier alpha value is -1.48.